The maximum Gasteiger partial charge on any atom is 0.143 e. The van der Waals surface area contributed by atoms with Gasteiger partial charge in [0.25, 0.3) is 0 Å². The zero-order valence-corrected chi connectivity index (χ0v) is 17.4. The van der Waals surface area contributed by atoms with E-state index in [4.69, 9.17) is 16.0 Å². The van der Waals surface area contributed by atoms with Crippen LogP contribution in [0.25, 0.3) is 33.4 Å². The first-order valence-electron chi connectivity index (χ1n) is 10.2. The molecular formula is C22H24N8O. The Labute approximate surface area is 179 Å². The van der Waals surface area contributed by atoms with Gasteiger partial charge in [-0.1, -0.05) is 6.07 Å². The molecule has 1 fully saturated rings. The molecule has 0 saturated carbocycles. The number of nitrogens with two attached hydrogens (primary N) is 1. The molecule has 4 N–H and O–H groups in total. The van der Waals surface area contributed by atoms with Crippen LogP contribution in [0.3, 0.4) is 0 Å². The van der Waals surface area contributed by atoms with Gasteiger partial charge in [-0.25, -0.2) is 9.97 Å². The van der Waals surface area contributed by atoms with E-state index < -0.39 is 0 Å². The number of nitrogens with zero attached hydrogens (tertiary/aromatic N) is 5. The van der Waals surface area contributed by atoms with E-state index in [1.807, 2.05) is 24.3 Å². The van der Waals surface area contributed by atoms with Crippen LogP contribution in [-0.4, -0.2) is 50.1 Å². The highest BCUT2D eigenvalue weighted by molar-refractivity contribution is 5.95. The summed E-state index contributed by atoms with van der Waals surface area (Å²) in [6.07, 6.45) is 3.63. The second-order valence-electron chi connectivity index (χ2n) is 7.97. The minimum absolute atomic E-state index is 0.149. The van der Waals surface area contributed by atoms with Crippen LogP contribution in [0.15, 0.2) is 48.9 Å². The number of morpholine rings is 1. The summed E-state index contributed by atoms with van der Waals surface area (Å²) in [7, 11) is 0. The van der Waals surface area contributed by atoms with Crippen molar-refractivity contribution in [1.29, 1.82) is 5.41 Å². The predicted molar refractivity (Wildman–Crippen MR) is 119 cm³/mol. The Morgan fingerprint density at radius 2 is 1.84 bits per heavy atom. The standard InChI is InChI=1S/C22H24N8O/c1-13-9-29(10-14(2)31-13)21-8-19(25-12-26-21)22-17-7-15(3-5-18(17)27-28-22)16-4-6-20(23)30(24)11-16/h3-8,11-14,23H,9-10,24H2,1-2H3,(H,27,28). The van der Waals surface area contributed by atoms with Crippen molar-refractivity contribution in [2.45, 2.75) is 26.1 Å². The van der Waals surface area contributed by atoms with E-state index in [-0.39, 0.29) is 17.7 Å². The van der Waals surface area contributed by atoms with Crippen molar-refractivity contribution >= 4 is 16.7 Å². The first-order chi connectivity index (χ1) is 15.0. The maximum atomic E-state index is 7.76. The predicted octanol–water partition coefficient (Wildman–Crippen LogP) is 2.30. The summed E-state index contributed by atoms with van der Waals surface area (Å²) >= 11 is 0. The highest BCUT2D eigenvalue weighted by Gasteiger charge is 2.24. The van der Waals surface area contributed by atoms with Gasteiger partial charge in [0.1, 0.15) is 23.3 Å². The van der Waals surface area contributed by atoms with Gasteiger partial charge in [0, 0.05) is 36.3 Å². The minimum Gasteiger partial charge on any atom is -0.372 e. The number of hydrogen-bond acceptors (Lipinski definition) is 7. The third kappa shape index (κ3) is 3.64. The lowest BCUT2D eigenvalue weighted by Gasteiger charge is -2.36. The average Bonchev–Trinajstić information content (AvgIpc) is 3.18. The Hall–Kier alpha value is -3.72. The first-order valence-corrected chi connectivity index (χ1v) is 10.2. The monoisotopic (exact) mass is 416 g/mol. The van der Waals surface area contributed by atoms with E-state index in [0.717, 1.165) is 52.3 Å². The number of anilines is 1. The molecule has 9 heteroatoms. The van der Waals surface area contributed by atoms with Crippen LogP contribution in [-0.2, 0) is 4.74 Å². The molecule has 1 aromatic carbocycles. The third-order valence-electron chi connectivity index (χ3n) is 5.51. The summed E-state index contributed by atoms with van der Waals surface area (Å²) in [5.74, 6) is 6.73. The van der Waals surface area contributed by atoms with E-state index in [1.165, 1.54) is 4.68 Å². The Bertz CT molecular complexity index is 1300. The summed E-state index contributed by atoms with van der Waals surface area (Å²) in [4.78, 5) is 11.2. The highest BCUT2D eigenvalue weighted by atomic mass is 16.5. The molecule has 3 aromatic heterocycles. The fraction of sp³-hybridized carbons (Fsp3) is 0.273. The average molecular weight is 416 g/mol. The number of aromatic amines is 1. The number of pyridine rings is 1. The zero-order chi connectivity index (χ0) is 21.5. The second kappa shape index (κ2) is 7.51. The Balaban J connectivity index is 1.54. The summed E-state index contributed by atoms with van der Waals surface area (Å²) in [6, 6.07) is 11.6. The van der Waals surface area contributed by atoms with Crippen LogP contribution in [0, 0.1) is 5.41 Å². The quantitative estimate of drug-likeness (QED) is 0.441. The van der Waals surface area contributed by atoms with Gasteiger partial charge < -0.3 is 15.5 Å². The summed E-state index contributed by atoms with van der Waals surface area (Å²) < 4.78 is 7.15. The Morgan fingerprint density at radius 3 is 2.61 bits per heavy atom. The number of nitrogens with one attached hydrogen (secondary N) is 2. The fourth-order valence-corrected chi connectivity index (χ4v) is 4.09. The lowest BCUT2D eigenvalue weighted by atomic mass is 10.0. The number of rotatable bonds is 3. The van der Waals surface area contributed by atoms with Crippen LogP contribution in [0.5, 0.6) is 0 Å². The molecule has 0 radical (unpaired) electrons. The summed E-state index contributed by atoms with van der Waals surface area (Å²) in [5, 5.41) is 16.3. The van der Waals surface area contributed by atoms with Gasteiger partial charge in [-0.15, -0.1) is 0 Å². The van der Waals surface area contributed by atoms with E-state index in [1.54, 1.807) is 18.6 Å². The largest absolute Gasteiger partial charge is 0.372 e. The lowest BCUT2D eigenvalue weighted by molar-refractivity contribution is -0.00546. The van der Waals surface area contributed by atoms with Crippen molar-refractivity contribution in [3.63, 3.8) is 0 Å². The zero-order valence-electron chi connectivity index (χ0n) is 17.4. The topological polar surface area (TPSA) is 122 Å². The van der Waals surface area contributed by atoms with Gasteiger partial charge in [-0.3, -0.25) is 15.2 Å². The molecule has 1 aliphatic heterocycles. The van der Waals surface area contributed by atoms with Gasteiger partial charge in [0.2, 0.25) is 0 Å². The van der Waals surface area contributed by atoms with Crippen LogP contribution >= 0.6 is 0 Å². The van der Waals surface area contributed by atoms with Crippen molar-refractivity contribution < 1.29 is 4.74 Å². The lowest BCUT2D eigenvalue weighted by Crippen LogP contribution is -2.45. The van der Waals surface area contributed by atoms with Crippen molar-refractivity contribution in [3.05, 3.63) is 54.4 Å². The molecule has 9 nitrogen and oxygen atoms in total. The van der Waals surface area contributed by atoms with Gasteiger partial charge in [-0.05, 0) is 43.7 Å². The molecule has 4 heterocycles. The molecule has 2 atom stereocenters. The summed E-state index contributed by atoms with van der Waals surface area (Å²) in [5.41, 5.74) is 4.61. The van der Waals surface area contributed by atoms with E-state index in [2.05, 4.69) is 45.0 Å². The SMILES string of the molecule is CC1CN(c2cc(-c3n[nH]c4ccc(-c5ccc(=N)n(N)c5)cc34)ncn2)CC(C)O1. The Morgan fingerprint density at radius 1 is 1.06 bits per heavy atom. The minimum atomic E-state index is 0.149. The number of aromatic nitrogens is 5. The normalized spacial score (nSPS) is 19.1. The van der Waals surface area contributed by atoms with Crippen molar-refractivity contribution in [2.24, 2.45) is 0 Å². The molecule has 0 aliphatic carbocycles. The van der Waals surface area contributed by atoms with Crippen LogP contribution in [0.2, 0.25) is 0 Å². The molecule has 2 unspecified atom stereocenters. The van der Waals surface area contributed by atoms with Crippen molar-refractivity contribution in [2.75, 3.05) is 23.8 Å². The van der Waals surface area contributed by atoms with Gasteiger partial charge in [0.15, 0.2) is 0 Å². The number of ether oxygens (including phenoxy) is 1. The van der Waals surface area contributed by atoms with Crippen LogP contribution in [0.4, 0.5) is 5.82 Å². The van der Waals surface area contributed by atoms with Gasteiger partial charge in [0.05, 0.1) is 23.4 Å². The van der Waals surface area contributed by atoms with Gasteiger partial charge >= 0.3 is 0 Å². The van der Waals surface area contributed by atoms with Gasteiger partial charge in [-0.2, -0.15) is 5.10 Å². The number of hydrogen-bond donors (Lipinski definition) is 3. The molecule has 1 aliphatic rings. The molecule has 0 amide bonds. The number of benzene rings is 1. The van der Waals surface area contributed by atoms with Crippen LogP contribution in [0.1, 0.15) is 13.8 Å². The number of H-pyrrole nitrogens is 1. The van der Waals surface area contributed by atoms with E-state index >= 15 is 0 Å². The molecule has 158 valence electrons. The molecule has 4 aromatic rings. The smallest absolute Gasteiger partial charge is 0.143 e. The van der Waals surface area contributed by atoms with Crippen molar-refractivity contribution in [3.8, 4) is 22.5 Å². The third-order valence-corrected chi connectivity index (χ3v) is 5.51. The van der Waals surface area contributed by atoms with Crippen LogP contribution < -0.4 is 16.2 Å². The molecule has 0 bridgehead atoms. The first kappa shape index (κ1) is 19.3. The molecular weight excluding hydrogens is 392 g/mol. The van der Waals surface area contributed by atoms with E-state index in [9.17, 15) is 0 Å². The molecule has 0 spiro atoms. The number of fused-ring (bicyclic) bond motifs is 1. The highest BCUT2D eigenvalue weighted by Crippen LogP contribution is 2.30. The Kier molecular flexibility index (Phi) is 4.67. The fourth-order valence-electron chi connectivity index (χ4n) is 4.09. The summed E-state index contributed by atoms with van der Waals surface area (Å²) in [6.45, 7) is 5.73. The molecule has 1 saturated heterocycles. The second-order valence-corrected chi connectivity index (χ2v) is 7.97. The maximum absolute atomic E-state index is 7.76. The van der Waals surface area contributed by atoms with Crippen molar-refractivity contribution in [1.82, 2.24) is 24.8 Å². The number of nitrogen functional groups attached to an aromatic ring is 1. The van der Waals surface area contributed by atoms with E-state index in [0.29, 0.717) is 0 Å². The molecule has 31 heavy (non-hydrogen) atoms. The molecule has 5 rings (SSSR count).